The highest BCUT2D eigenvalue weighted by Crippen LogP contribution is 2.02. The summed E-state index contributed by atoms with van der Waals surface area (Å²) < 4.78 is 12.8. The molecule has 0 radical (unpaired) electrons. The number of rotatable bonds is 5. The average Bonchev–Trinajstić information content (AvgIpc) is 2.23. The lowest BCUT2D eigenvalue weighted by Gasteiger charge is -2.04. The number of hydrogen-bond donors (Lipinski definition) is 2. The topological polar surface area (TPSA) is 41.1 Å². The van der Waals surface area contributed by atoms with Crippen molar-refractivity contribution in [2.75, 3.05) is 13.6 Å². The predicted molar refractivity (Wildman–Crippen MR) is 56.8 cm³/mol. The predicted octanol–water partition coefficient (Wildman–Crippen LogP) is 1.05. The van der Waals surface area contributed by atoms with E-state index in [-0.39, 0.29) is 11.7 Å². The molecule has 0 heterocycles. The molecular formula is C11H15FN2O. The normalized spacial score (nSPS) is 10.0. The Kier molecular flexibility index (Phi) is 4.77. The van der Waals surface area contributed by atoms with Gasteiger partial charge in [-0.2, -0.15) is 0 Å². The summed E-state index contributed by atoms with van der Waals surface area (Å²) >= 11 is 0. The molecule has 82 valence electrons. The number of carbonyl (C=O) groups excluding carboxylic acids is 1. The zero-order valence-corrected chi connectivity index (χ0v) is 8.72. The molecule has 4 heteroatoms. The van der Waals surface area contributed by atoms with Crippen LogP contribution in [0, 0.1) is 5.82 Å². The lowest BCUT2D eigenvalue weighted by Crippen LogP contribution is -2.26. The number of amides is 1. The highest BCUT2D eigenvalue weighted by molar-refractivity contribution is 5.76. The molecule has 0 spiro atoms. The van der Waals surface area contributed by atoms with Crippen LogP contribution in [0.4, 0.5) is 4.39 Å². The van der Waals surface area contributed by atoms with E-state index in [9.17, 15) is 9.18 Å². The van der Waals surface area contributed by atoms with Crippen LogP contribution in [0.15, 0.2) is 24.3 Å². The first-order valence-corrected chi connectivity index (χ1v) is 4.88. The number of carbonyl (C=O) groups is 1. The lowest BCUT2D eigenvalue weighted by atomic mass is 10.2. The molecule has 0 aliphatic rings. The van der Waals surface area contributed by atoms with Crippen molar-refractivity contribution in [3.63, 3.8) is 0 Å². The van der Waals surface area contributed by atoms with Crippen molar-refractivity contribution < 1.29 is 9.18 Å². The third-order valence-corrected chi connectivity index (χ3v) is 1.98. The van der Waals surface area contributed by atoms with E-state index in [2.05, 4.69) is 10.6 Å². The second-order valence-electron chi connectivity index (χ2n) is 3.26. The fourth-order valence-electron chi connectivity index (χ4n) is 1.17. The Labute approximate surface area is 88.7 Å². The van der Waals surface area contributed by atoms with Gasteiger partial charge in [-0.25, -0.2) is 4.39 Å². The number of benzene rings is 1. The molecule has 0 aromatic heterocycles. The third-order valence-electron chi connectivity index (χ3n) is 1.98. The van der Waals surface area contributed by atoms with Gasteiger partial charge in [-0.05, 0) is 24.7 Å². The van der Waals surface area contributed by atoms with Gasteiger partial charge in [-0.15, -0.1) is 0 Å². The molecule has 0 bridgehead atoms. The van der Waals surface area contributed by atoms with Gasteiger partial charge in [0, 0.05) is 19.5 Å². The van der Waals surface area contributed by atoms with Crippen molar-refractivity contribution in [1.82, 2.24) is 10.6 Å². The minimum absolute atomic E-state index is 0.0337. The van der Waals surface area contributed by atoms with Crippen LogP contribution < -0.4 is 10.6 Å². The second kappa shape index (κ2) is 6.14. The molecule has 0 atom stereocenters. The average molecular weight is 210 g/mol. The van der Waals surface area contributed by atoms with Gasteiger partial charge in [0.05, 0.1) is 0 Å². The maximum Gasteiger partial charge on any atom is 0.221 e. The van der Waals surface area contributed by atoms with Crippen molar-refractivity contribution in [2.24, 2.45) is 0 Å². The van der Waals surface area contributed by atoms with E-state index in [1.54, 1.807) is 19.2 Å². The number of hydrogen-bond acceptors (Lipinski definition) is 2. The summed E-state index contributed by atoms with van der Waals surface area (Å²) in [5, 5.41) is 5.60. The zero-order chi connectivity index (χ0) is 11.1. The third kappa shape index (κ3) is 4.56. The molecule has 1 aromatic rings. The van der Waals surface area contributed by atoms with Crippen molar-refractivity contribution in [1.29, 1.82) is 0 Å². The molecule has 0 aliphatic heterocycles. The Morgan fingerprint density at radius 2 is 2.27 bits per heavy atom. The molecule has 0 saturated carbocycles. The molecule has 0 aliphatic carbocycles. The summed E-state index contributed by atoms with van der Waals surface area (Å²) in [4.78, 5) is 11.2. The van der Waals surface area contributed by atoms with Gasteiger partial charge in [0.1, 0.15) is 5.82 Å². The van der Waals surface area contributed by atoms with E-state index in [1.807, 2.05) is 0 Å². The van der Waals surface area contributed by atoms with Gasteiger partial charge >= 0.3 is 0 Å². The van der Waals surface area contributed by atoms with Crippen LogP contribution in [0.3, 0.4) is 0 Å². The number of nitrogens with one attached hydrogen (secondary N) is 2. The van der Waals surface area contributed by atoms with Crippen LogP contribution in [0.1, 0.15) is 12.0 Å². The van der Waals surface area contributed by atoms with E-state index >= 15 is 0 Å². The minimum Gasteiger partial charge on any atom is -0.352 e. The van der Waals surface area contributed by atoms with Gasteiger partial charge in [-0.3, -0.25) is 4.79 Å². The number of halogens is 1. The Morgan fingerprint density at radius 3 is 2.93 bits per heavy atom. The Balaban J connectivity index is 2.33. The van der Waals surface area contributed by atoms with E-state index in [0.29, 0.717) is 19.5 Å². The first kappa shape index (κ1) is 11.7. The standard InChI is InChI=1S/C11H15FN2O/c1-13-6-5-11(15)14-8-9-3-2-4-10(12)7-9/h2-4,7,13H,5-6,8H2,1H3,(H,14,15). The monoisotopic (exact) mass is 210 g/mol. The summed E-state index contributed by atoms with van der Waals surface area (Å²) in [5.74, 6) is -0.314. The van der Waals surface area contributed by atoms with Crippen LogP contribution in [0.2, 0.25) is 0 Å². The van der Waals surface area contributed by atoms with Crippen LogP contribution in [0.5, 0.6) is 0 Å². The molecule has 2 N–H and O–H groups in total. The Hall–Kier alpha value is -1.42. The molecule has 0 saturated heterocycles. The largest absolute Gasteiger partial charge is 0.352 e. The minimum atomic E-state index is -0.281. The fourth-order valence-corrected chi connectivity index (χ4v) is 1.17. The molecule has 0 fully saturated rings. The van der Waals surface area contributed by atoms with Crippen molar-refractivity contribution in [3.05, 3.63) is 35.6 Å². The first-order chi connectivity index (χ1) is 7.22. The highest BCUT2D eigenvalue weighted by atomic mass is 19.1. The van der Waals surface area contributed by atoms with Crippen molar-refractivity contribution >= 4 is 5.91 Å². The van der Waals surface area contributed by atoms with Crippen LogP contribution >= 0.6 is 0 Å². The molecule has 3 nitrogen and oxygen atoms in total. The van der Waals surface area contributed by atoms with Gasteiger partial charge in [-0.1, -0.05) is 12.1 Å². The second-order valence-corrected chi connectivity index (χ2v) is 3.26. The van der Waals surface area contributed by atoms with Crippen molar-refractivity contribution in [3.8, 4) is 0 Å². The van der Waals surface area contributed by atoms with Crippen LogP contribution in [-0.4, -0.2) is 19.5 Å². The molecule has 1 aromatic carbocycles. The highest BCUT2D eigenvalue weighted by Gasteiger charge is 2.00. The molecule has 0 unspecified atom stereocenters. The summed E-state index contributed by atoms with van der Waals surface area (Å²) in [5.41, 5.74) is 0.771. The molecular weight excluding hydrogens is 195 g/mol. The van der Waals surface area contributed by atoms with Crippen LogP contribution in [0.25, 0.3) is 0 Å². The van der Waals surface area contributed by atoms with Gasteiger partial charge in [0.25, 0.3) is 0 Å². The molecule has 15 heavy (non-hydrogen) atoms. The van der Waals surface area contributed by atoms with E-state index in [4.69, 9.17) is 0 Å². The first-order valence-electron chi connectivity index (χ1n) is 4.88. The Bertz CT molecular complexity index is 328. The van der Waals surface area contributed by atoms with Gasteiger partial charge in [0.2, 0.25) is 5.91 Å². The summed E-state index contributed by atoms with van der Waals surface area (Å²) in [7, 11) is 1.79. The maximum absolute atomic E-state index is 12.8. The van der Waals surface area contributed by atoms with Gasteiger partial charge < -0.3 is 10.6 Å². The fraction of sp³-hybridized carbons (Fsp3) is 0.364. The SMILES string of the molecule is CNCCC(=O)NCc1cccc(F)c1. The van der Waals surface area contributed by atoms with E-state index < -0.39 is 0 Å². The summed E-state index contributed by atoms with van der Waals surface area (Å²) in [6.45, 7) is 1.02. The van der Waals surface area contributed by atoms with E-state index in [0.717, 1.165) is 5.56 Å². The van der Waals surface area contributed by atoms with E-state index in [1.165, 1.54) is 12.1 Å². The lowest BCUT2D eigenvalue weighted by molar-refractivity contribution is -0.121. The molecule has 1 amide bonds. The Morgan fingerprint density at radius 1 is 1.47 bits per heavy atom. The smallest absolute Gasteiger partial charge is 0.221 e. The van der Waals surface area contributed by atoms with Gasteiger partial charge in [0.15, 0.2) is 0 Å². The van der Waals surface area contributed by atoms with Crippen molar-refractivity contribution in [2.45, 2.75) is 13.0 Å². The summed E-state index contributed by atoms with van der Waals surface area (Å²) in [6.07, 6.45) is 0.436. The van der Waals surface area contributed by atoms with Crippen LogP contribution in [-0.2, 0) is 11.3 Å². The quantitative estimate of drug-likeness (QED) is 0.762. The molecule has 1 rings (SSSR count). The zero-order valence-electron chi connectivity index (χ0n) is 8.72. The summed E-state index contributed by atoms with van der Waals surface area (Å²) in [6, 6.07) is 6.20. The maximum atomic E-state index is 12.8.